The van der Waals surface area contributed by atoms with Crippen molar-refractivity contribution >= 4 is 17.5 Å². The topological polar surface area (TPSA) is 65.5 Å². The number of carbonyl (C=O) groups is 2. The molecule has 0 spiro atoms. The van der Waals surface area contributed by atoms with Gasteiger partial charge in [0, 0.05) is 44.1 Å². The van der Waals surface area contributed by atoms with Gasteiger partial charge in [-0.15, -0.1) is 0 Å². The molecule has 1 N–H and O–H groups in total. The second-order valence-electron chi connectivity index (χ2n) is 6.96. The lowest BCUT2D eigenvalue weighted by molar-refractivity contribution is -0.135. The number of benzene rings is 1. The van der Waals surface area contributed by atoms with Crippen LogP contribution in [0.1, 0.15) is 23.5 Å². The van der Waals surface area contributed by atoms with E-state index in [9.17, 15) is 14.0 Å². The van der Waals surface area contributed by atoms with Gasteiger partial charge in [0.2, 0.25) is 11.8 Å². The number of aromatic nitrogens is 1. The normalized spacial score (nSPS) is 16.0. The minimum atomic E-state index is -0.617. The zero-order valence-corrected chi connectivity index (χ0v) is 15.5. The van der Waals surface area contributed by atoms with Gasteiger partial charge in [-0.2, -0.15) is 0 Å². The summed E-state index contributed by atoms with van der Waals surface area (Å²) in [4.78, 5) is 33.3. The van der Waals surface area contributed by atoms with Crippen LogP contribution in [0.15, 0.2) is 42.7 Å². The summed E-state index contributed by atoms with van der Waals surface area (Å²) in [5.41, 5.74) is 1.95. The Balaban J connectivity index is 1.87. The van der Waals surface area contributed by atoms with Crippen molar-refractivity contribution in [2.24, 2.45) is 0 Å². The molecule has 0 aliphatic carbocycles. The van der Waals surface area contributed by atoms with E-state index >= 15 is 0 Å². The average molecular weight is 370 g/mol. The highest BCUT2D eigenvalue weighted by Crippen LogP contribution is 2.34. The van der Waals surface area contributed by atoms with Crippen molar-refractivity contribution < 1.29 is 14.0 Å². The summed E-state index contributed by atoms with van der Waals surface area (Å²) in [6.45, 7) is 1.63. The Morgan fingerprint density at radius 2 is 2.11 bits per heavy atom. The van der Waals surface area contributed by atoms with Crippen LogP contribution in [-0.4, -0.2) is 53.8 Å². The van der Waals surface area contributed by atoms with Gasteiger partial charge < -0.3 is 15.1 Å². The highest BCUT2D eigenvalue weighted by Gasteiger charge is 2.33. The molecule has 6 nitrogen and oxygen atoms in total. The number of anilines is 1. The molecule has 1 aliphatic heterocycles. The zero-order chi connectivity index (χ0) is 19.4. The van der Waals surface area contributed by atoms with Gasteiger partial charge in [0.05, 0.1) is 5.92 Å². The van der Waals surface area contributed by atoms with Crippen LogP contribution in [0, 0.1) is 5.82 Å². The lowest BCUT2D eigenvalue weighted by Crippen LogP contribution is -2.41. The summed E-state index contributed by atoms with van der Waals surface area (Å²) >= 11 is 0. The number of nitrogens with zero attached hydrogens (tertiary/aromatic N) is 3. The standard InChI is InChI=1S/C20H23FN4O2/c1-24(2)8-9-25(13-14-4-3-7-22-12-14)20(27)17-11-19(26)23-18-10-15(21)5-6-16(17)18/h3-7,10,12,17H,8-9,11,13H2,1-2H3,(H,23,26). The molecule has 142 valence electrons. The van der Waals surface area contributed by atoms with Gasteiger partial charge in [0.15, 0.2) is 0 Å². The minimum absolute atomic E-state index is 0.0585. The quantitative estimate of drug-likeness (QED) is 0.847. The number of amides is 2. The number of rotatable bonds is 6. The summed E-state index contributed by atoms with van der Waals surface area (Å²) in [5.74, 6) is -1.47. The summed E-state index contributed by atoms with van der Waals surface area (Å²) in [7, 11) is 3.89. The summed E-state index contributed by atoms with van der Waals surface area (Å²) in [6, 6.07) is 7.91. The molecule has 0 radical (unpaired) electrons. The molecule has 0 fully saturated rings. The molecule has 1 aromatic carbocycles. The maximum atomic E-state index is 13.5. The molecule has 1 atom stereocenters. The molecule has 0 saturated heterocycles. The molecule has 2 heterocycles. The van der Waals surface area contributed by atoms with Crippen LogP contribution in [-0.2, 0) is 16.1 Å². The predicted octanol–water partition coefficient (Wildman–Crippen LogP) is 2.24. The van der Waals surface area contributed by atoms with Gasteiger partial charge in [-0.1, -0.05) is 12.1 Å². The second-order valence-corrected chi connectivity index (χ2v) is 6.96. The third kappa shape index (κ3) is 4.68. The number of nitrogens with one attached hydrogen (secondary N) is 1. The Bertz CT molecular complexity index is 826. The van der Waals surface area contributed by atoms with Crippen molar-refractivity contribution in [1.29, 1.82) is 0 Å². The van der Waals surface area contributed by atoms with Gasteiger partial charge in [-0.3, -0.25) is 14.6 Å². The van der Waals surface area contributed by atoms with Crippen LogP contribution in [0.5, 0.6) is 0 Å². The van der Waals surface area contributed by atoms with Crippen LogP contribution in [0.4, 0.5) is 10.1 Å². The molecule has 0 saturated carbocycles. The lowest BCUT2D eigenvalue weighted by atomic mass is 9.89. The second kappa shape index (κ2) is 8.26. The van der Waals surface area contributed by atoms with E-state index < -0.39 is 11.7 Å². The first-order valence-corrected chi connectivity index (χ1v) is 8.86. The highest BCUT2D eigenvalue weighted by atomic mass is 19.1. The first-order chi connectivity index (χ1) is 12.9. The minimum Gasteiger partial charge on any atom is -0.336 e. The number of carbonyl (C=O) groups excluding carboxylic acids is 2. The van der Waals surface area contributed by atoms with Crippen LogP contribution >= 0.6 is 0 Å². The van der Waals surface area contributed by atoms with Crippen molar-refractivity contribution in [2.75, 3.05) is 32.5 Å². The molecule has 1 unspecified atom stereocenters. The number of likely N-dealkylation sites (N-methyl/N-ethyl adjacent to an activating group) is 1. The molecule has 2 aromatic rings. The molecule has 7 heteroatoms. The smallest absolute Gasteiger partial charge is 0.231 e. The molecule has 0 bridgehead atoms. The van der Waals surface area contributed by atoms with E-state index in [-0.39, 0.29) is 18.2 Å². The lowest BCUT2D eigenvalue weighted by Gasteiger charge is -2.31. The fraction of sp³-hybridized carbons (Fsp3) is 0.350. The SMILES string of the molecule is CN(C)CCN(Cc1cccnc1)C(=O)C1CC(=O)Nc2cc(F)ccc21. The van der Waals surface area contributed by atoms with E-state index in [0.717, 1.165) is 5.56 Å². The van der Waals surface area contributed by atoms with Gasteiger partial charge >= 0.3 is 0 Å². The van der Waals surface area contributed by atoms with Gasteiger partial charge in [0.1, 0.15) is 5.82 Å². The van der Waals surface area contributed by atoms with Gasteiger partial charge in [-0.25, -0.2) is 4.39 Å². The zero-order valence-electron chi connectivity index (χ0n) is 15.5. The maximum Gasteiger partial charge on any atom is 0.231 e. The van der Waals surface area contributed by atoms with E-state index in [1.807, 2.05) is 31.1 Å². The van der Waals surface area contributed by atoms with Crippen LogP contribution in [0.25, 0.3) is 0 Å². The van der Waals surface area contributed by atoms with E-state index in [0.29, 0.717) is 30.9 Å². The van der Waals surface area contributed by atoms with Crippen molar-refractivity contribution in [3.63, 3.8) is 0 Å². The Labute approximate surface area is 158 Å². The van der Waals surface area contributed by atoms with Gasteiger partial charge in [0.25, 0.3) is 0 Å². The highest BCUT2D eigenvalue weighted by molar-refractivity contribution is 6.01. The summed E-state index contributed by atoms with van der Waals surface area (Å²) in [6.07, 6.45) is 3.47. The number of pyridine rings is 1. The Morgan fingerprint density at radius 1 is 1.30 bits per heavy atom. The molecule has 1 aromatic heterocycles. The molecule has 3 rings (SSSR count). The van der Waals surface area contributed by atoms with E-state index in [1.165, 1.54) is 12.1 Å². The molecule has 2 amide bonds. The monoisotopic (exact) mass is 370 g/mol. The van der Waals surface area contributed by atoms with Crippen molar-refractivity contribution in [2.45, 2.75) is 18.9 Å². The molecular formula is C20H23FN4O2. The largest absolute Gasteiger partial charge is 0.336 e. The first kappa shape index (κ1) is 19.0. The van der Waals surface area contributed by atoms with Crippen molar-refractivity contribution in [1.82, 2.24) is 14.8 Å². The Kier molecular flexibility index (Phi) is 5.81. The van der Waals surface area contributed by atoms with Crippen LogP contribution < -0.4 is 5.32 Å². The molecule has 27 heavy (non-hydrogen) atoms. The maximum absolute atomic E-state index is 13.5. The summed E-state index contributed by atoms with van der Waals surface area (Å²) in [5, 5.41) is 2.66. The van der Waals surface area contributed by atoms with E-state index in [1.54, 1.807) is 23.4 Å². The summed E-state index contributed by atoms with van der Waals surface area (Å²) < 4.78 is 13.5. The van der Waals surface area contributed by atoms with E-state index in [2.05, 4.69) is 10.3 Å². The predicted molar refractivity (Wildman–Crippen MR) is 101 cm³/mol. The fourth-order valence-electron chi connectivity index (χ4n) is 3.18. The van der Waals surface area contributed by atoms with Crippen molar-refractivity contribution in [3.05, 3.63) is 59.7 Å². The van der Waals surface area contributed by atoms with Crippen LogP contribution in [0.3, 0.4) is 0 Å². The van der Waals surface area contributed by atoms with Crippen LogP contribution in [0.2, 0.25) is 0 Å². The Morgan fingerprint density at radius 3 is 2.81 bits per heavy atom. The first-order valence-electron chi connectivity index (χ1n) is 8.86. The number of fused-ring (bicyclic) bond motifs is 1. The number of hydrogen-bond acceptors (Lipinski definition) is 4. The van der Waals surface area contributed by atoms with Gasteiger partial charge in [-0.05, 0) is 43.4 Å². The third-order valence-electron chi connectivity index (χ3n) is 4.58. The van der Waals surface area contributed by atoms with Crippen molar-refractivity contribution in [3.8, 4) is 0 Å². The fourth-order valence-corrected chi connectivity index (χ4v) is 3.18. The average Bonchev–Trinajstić information content (AvgIpc) is 2.64. The Hall–Kier alpha value is -2.80. The third-order valence-corrected chi connectivity index (χ3v) is 4.58. The number of hydrogen-bond donors (Lipinski definition) is 1. The molecular weight excluding hydrogens is 347 g/mol. The molecule has 1 aliphatic rings. The van der Waals surface area contributed by atoms with E-state index in [4.69, 9.17) is 0 Å². The number of halogens is 1.